The number of hydrogen-bond acceptors (Lipinski definition) is 7. The van der Waals surface area contributed by atoms with Gasteiger partial charge in [0.25, 0.3) is 5.91 Å². The maximum Gasteiger partial charge on any atom is 0.255 e. The number of ether oxygens (including phenoxy) is 1. The number of rotatable bonds is 3. The topological polar surface area (TPSA) is 90.8 Å². The largest absolute Gasteiger partial charge is 0.389 e. The average Bonchev–Trinajstić information content (AvgIpc) is 2.81. The quantitative estimate of drug-likeness (QED) is 0.770. The lowest BCUT2D eigenvalue weighted by molar-refractivity contribution is -0.0136. The molecule has 0 bridgehead atoms. The lowest BCUT2D eigenvalue weighted by Crippen LogP contribution is -2.42. The predicted molar refractivity (Wildman–Crippen MR) is 116 cm³/mol. The highest BCUT2D eigenvalue weighted by atomic mass is 35.5. The van der Waals surface area contributed by atoms with Gasteiger partial charge in [-0.05, 0) is 25.5 Å². The molecule has 3 atom stereocenters. The second-order valence-corrected chi connectivity index (χ2v) is 8.36. The molecule has 1 saturated heterocycles. The monoisotopic (exact) mass is 431 g/mol. The molecule has 0 radical (unpaired) electrons. The first-order valence-electron chi connectivity index (χ1n) is 10.0. The molecule has 2 aliphatic heterocycles. The van der Waals surface area contributed by atoms with Crippen LogP contribution in [0.25, 0.3) is 11.3 Å². The summed E-state index contributed by atoms with van der Waals surface area (Å²) in [7, 11) is 3.81. The molecule has 1 unspecified atom stereocenters. The summed E-state index contributed by atoms with van der Waals surface area (Å²) in [6.07, 6.45) is 1.60. The van der Waals surface area contributed by atoms with Crippen LogP contribution in [0.3, 0.4) is 0 Å². The summed E-state index contributed by atoms with van der Waals surface area (Å²) in [4.78, 5) is 25.5. The van der Waals surface area contributed by atoms with Gasteiger partial charge in [0, 0.05) is 38.9 Å². The zero-order chi connectivity index (χ0) is 21.4. The Kier molecular flexibility index (Phi) is 5.81. The van der Waals surface area contributed by atoms with E-state index in [-0.39, 0.29) is 24.6 Å². The second kappa shape index (κ2) is 8.37. The minimum Gasteiger partial charge on any atom is -0.389 e. The standard InChI is InChI=1S/C21H26ClN5O3/c1-12-10-26(2)20(29)14-5-4-13(8-17(14)27(12)3)19-15(22)9-23-21(25-19)24-16-6-7-30-11-18(16)28/h4-5,8-9,12,16,18,28H,6-7,10-11H2,1-3H3,(H,23,24,25)/t12?,16-,18-/m1/s1. The molecule has 2 aliphatic rings. The number of aliphatic hydroxyl groups is 1. The third kappa shape index (κ3) is 3.95. The van der Waals surface area contributed by atoms with Gasteiger partial charge in [0.1, 0.15) is 0 Å². The van der Waals surface area contributed by atoms with E-state index in [0.29, 0.717) is 41.8 Å². The molecule has 3 heterocycles. The van der Waals surface area contributed by atoms with Crippen molar-refractivity contribution in [1.82, 2.24) is 14.9 Å². The van der Waals surface area contributed by atoms with Crippen LogP contribution < -0.4 is 10.2 Å². The van der Waals surface area contributed by atoms with Crippen LogP contribution in [-0.2, 0) is 4.74 Å². The molecule has 9 heteroatoms. The van der Waals surface area contributed by atoms with E-state index in [9.17, 15) is 9.90 Å². The highest BCUT2D eigenvalue weighted by Gasteiger charge is 2.28. The number of carbonyl (C=O) groups excluding carboxylic acids is 1. The molecule has 1 fully saturated rings. The minimum atomic E-state index is -0.618. The Balaban J connectivity index is 1.69. The Morgan fingerprint density at radius 2 is 2.13 bits per heavy atom. The summed E-state index contributed by atoms with van der Waals surface area (Å²) < 4.78 is 5.27. The van der Waals surface area contributed by atoms with E-state index in [1.807, 2.05) is 32.3 Å². The smallest absolute Gasteiger partial charge is 0.255 e. The Morgan fingerprint density at radius 3 is 2.90 bits per heavy atom. The molecular weight excluding hydrogens is 406 g/mol. The van der Waals surface area contributed by atoms with Crippen LogP contribution in [0.5, 0.6) is 0 Å². The summed E-state index contributed by atoms with van der Waals surface area (Å²) in [5, 5.41) is 13.7. The van der Waals surface area contributed by atoms with Gasteiger partial charge < -0.3 is 25.0 Å². The summed E-state index contributed by atoms with van der Waals surface area (Å²) in [6.45, 7) is 3.60. The van der Waals surface area contributed by atoms with E-state index in [4.69, 9.17) is 16.3 Å². The number of nitrogens with one attached hydrogen (secondary N) is 1. The average molecular weight is 432 g/mol. The maximum absolute atomic E-state index is 12.8. The Labute approximate surface area is 180 Å². The highest BCUT2D eigenvalue weighted by Crippen LogP contribution is 2.34. The third-order valence-electron chi connectivity index (χ3n) is 5.81. The van der Waals surface area contributed by atoms with E-state index in [1.165, 1.54) is 0 Å². The number of carbonyl (C=O) groups is 1. The van der Waals surface area contributed by atoms with Crippen molar-refractivity contribution < 1.29 is 14.6 Å². The Bertz CT molecular complexity index is 956. The van der Waals surface area contributed by atoms with Crippen molar-refractivity contribution in [2.45, 2.75) is 31.5 Å². The van der Waals surface area contributed by atoms with E-state index in [0.717, 1.165) is 11.3 Å². The predicted octanol–water partition coefficient (Wildman–Crippen LogP) is 2.27. The van der Waals surface area contributed by atoms with Crippen molar-refractivity contribution in [3.8, 4) is 11.3 Å². The molecule has 1 aromatic heterocycles. The Hall–Kier alpha value is -2.42. The number of nitrogens with zero attached hydrogens (tertiary/aromatic N) is 4. The molecule has 8 nitrogen and oxygen atoms in total. The lowest BCUT2D eigenvalue weighted by Gasteiger charge is -2.28. The number of aromatic nitrogens is 2. The van der Waals surface area contributed by atoms with Crippen molar-refractivity contribution in [1.29, 1.82) is 0 Å². The van der Waals surface area contributed by atoms with Crippen LogP contribution in [0, 0.1) is 0 Å². The third-order valence-corrected chi connectivity index (χ3v) is 6.09. The van der Waals surface area contributed by atoms with Gasteiger partial charge in [-0.15, -0.1) is 0 Å². The fourth-order valence-corrected chi connectivity index (χ4v) is 4.09. The SMILES string of the molecule is CC1CN(C)C(=O)c2ccc(-c3nc(N[C@@H]4CCOC[C@H]4O)ncc3Cl)cc2N1C. The first-order chi connectivity index (χ1) is 14.3. The van der Waals surface area contributed by atoms with Crippen molar-refractivity contribution >= 4 is 29.1 Å². The van der Waals surface area contributed by atoms with Gasteiger partial charge in [0.05, 0.1) is 46.9 Å². The molecular formula is C21H26ClN5O3. The number of aliphatic hydroxyl groups excluding tert-OH is 1. The summed E-state index contributed by atoms with van der Waals surface area (Å²) in [5.41, 5.74) is 2.87. The molecule has 1 amide bonds. The first-order valence-corrected chi connectivity index (χ1v) is 10.4. The van der Waals surface area contributed by atoms with Gasteiger partial charge in [-0.3, -0.25) is 4.79 Å². The van der Waals surface area contributed by atoms with Crippen LogP contribution in [0.15, 0.2) is 24.4 Å². The fourth-order valence-electron chi connectivity index (χ4n) is 3.89. The van der Waals surface area contributed by atoms with Gasteiger partial charge in [-0.25, -0.2) is 9.97 Å². The maximum atomic E-state index is 12.8. The first kappa shape index (κ1) is 20.8. The van der Waals surface area contributed by atoms with Crippen LogP contribution in [-0.4, -0.2) is 77.9 Å². The summed E-state index contributed by atoms with van der Waals surface area (Å²) >= 11 is 6.42. The molecule has 0 saturated carbocycles. The van der Waals surface area contributed by atoms with Gasteiger partial charge >= 0.3 is 0 Å². The molecule has 2 N–H and O–H groups in total. The number of fused-ring (bicyclic) bond motifs is 1. The molecule has 0 aliphatic carbocycles. The second-order valence-electron chi connectivity index (χ2n) is 7.95. The minimum absolute atomic E-state index is 0.00241. The summed E-state index contributed by atoms with van der Waals surface area (Å²) in [6, 6.07) is 5.62. The molecule has 30 heavy (non-hydrogen) atoms. The number of amides is 1. The lowest BCUT2D eigenvalue weighted by atomic mass is 10.0. The highest BCUT2D eigenvalue weighted by molar-refractivity contribution is 6.33. The number of hydrogen-bond donors (Lipinski definition) is 2. The van der Waals surface area contributed by atoms with E-state index in [2.05, 4.69) is 27.1 Å². The zero-order valence-corrected chi connectivity index (χ0v) is 18.1. The Morgan fingerprint density at radius 1 is 1.33 bits per heavy atom. The number of anilines is 2. The summed E-state index contributed by atoms with van der Waals surface area (Å²) in [5.74, 6) is 0.394. The van der Waals surface area contributed by atoms with Crippen molar-refractivity contribution in [3.63, 3.8) is 0 Å². The van der Waals surface area contributed by atoms with Crippen molar-refractivity contribution in [2.24, 2.45) is 0 Å². The number of likely N-dealkylation sites (N-methyl/N-ethyl adjacent to an activating group) is 2. The van der Waals surface area contributed by atoms with Gasteiger partial charge in [-0.2, -0.15) is 0 Å². The van der Waals surface area contributed by atoms with Crippen LogP contribution >= 0.6 is 11.6 Å². The van der Waals surface area contributed by atoms with Gasteiger partial charge in [0.15, 0.2) is 0 Å². The molecule has 160 valence electrons. The van der Waals surface area contributed by atoms with Crippen LogP contribution in [0.1, 0.15) is 23.7 Å². The zero-order valence-electron chi connectivity index (χ0n) is 17.3. The van der Waals surface area contributed by atoms with Crippen molar-refractivity contribution in [2.75, 3.05) is 44.1 Å². The number of benzene rings is 1. The van der Waals surface area contributed by atoms with E-state index < -0.39 is 6.10 Å². The van der Waals surface area contributed by atoms with Crippen LogP contribution in [0.4, 0.5) is 11.6 Å². The van der Waals surface area contributed by atoms with E-state index in [1.54, 1.807) is 11.1 Å². The fraction of sp³-hybridized carbons (Fsp3) is 0.476. The normalized spacial score (nSPS) is 24.4. The molecule has 2 aromatic rings. The molecule has 4 rings (SSSR count). The molecule has 1 aromatic carbocycles. The molecule has 0 spiro atoms. The van der Waals surface area contributed by atoms with Gasteiger partial charge in [0.2, 0.25) is 5.95 Å². The van der Waals surface area contributed by atoms with Crippen LogP contribution in [0.2, 0.25) is 5.02 Å². The van der Waals surface area contributed by atoms with E-state index >= 15 is 0 Å². The van der Waals surface area contributed by atoms with Crippen molar-refractivity contribution in [3.05, 3.63) is 35.0 Å². The van der Waals surface area contributed by atoms with Gasteiger partial charge in [-0.1, -0.05) is 17.7 Å². The number of halogens is 1.